The van der Waals surface area contributed by atoms with Crippen LogP contribution in [0.4, 0.5) is 5.69 Å². The molecule has 3 aromatic rings. The third kappa shape index (κ3) is 2.65. The summed E-state index contributed by atoms with van der Waals surface area (Å²) in [6.45, 7) is 7.72. The van der Waals surface area contributed by atoms with Gasteiger partial charge in [-0.25, -0.2) is 0 Å². The van der Waals surface area contributed by atoms with Gasteiger partial charge in [-0.2, -0.15) is 0 Å². The first-order valence-corrected chi connectivity index (χ1v) is 10.5. The van der Waals surface area contributed by atoms with E-state index in [1.807, 2.05) is 18.3 Å². The molecule has 5 rings (SSSR count). The van der Waals surface area contributed by atoms with Crippen LogP contribution in [0.25, 0.3) is 10.9 Å². The number of carbonyl (C=O) groups excluding carboxylic acids is 1. The van der Waals surface area contributed by atoms with Crippen molar-refractivity contribution in [1.82, 2.24) is 4.57 Å². The van der Waals surface area contributed by atoms with E-state index in [1.165, 1.54) is 5.69 Å². The van der Waals surface area contributed by atoms with Gasteiger partial charge in [0, 0.05) is 66.7 Å². The number of hydrogen-bond donors (Lipinski definition) is 0. The molecule has 0 unspecified atom stereocenters. The number of aryl methyl sites for hydroxylation is 1. The van der Waals surface area contributed by atoms with E-state index in [1.54, 1.807) is 7.05 Å². The Balaban J connectivity index is 1.71. The summed E-state index contributed by atoms with van der Waals surface area (Å²) in [4.78, 5) is 20.1. The molecule has 0 bridgehead atoms. The van der Waals surface area contributed by atoms with Crippen LogP contribution in [0.3, 0.4) is 0 Å². The van der Waals surface area contributed by atoms with Gasteiger partial charge in [-0.1, -0.05) is 26.0 Å². The third-order valence-corrected chi connectivity index (χ3v) is 6.62. The smallest absolute Gasteiger partial charge is 0.195 e. The standard InChI is InChI=1S/C25H27N3O2/c1-25(2)20-14-17(28-9-11-30-12-10-28)6-8-18(20)23(29)22-19-7-5-16(15-26-3)13-21(19)27(4)24(22)25/h5-8,13-15H,9-12H2,1-4H3. The minimum atomic E-state index is -0.284. The molecule has 0 atom stereocenters. The molecular formula is C25H27N3O2. The van der Waals surface area contributed by atoms with Crippen LogP contribution in [0.1, 0.15) is 46.6 Å². The number of aliphatic imine (C=N–C) groups is 1. The van der Waals surface area contributed by atoms with E-state index in [4.69, 9.17) is 4.74 Å². The molecule has 1 aliphatic heterocycles. The summed E-state index contributed by atoms with van der Waals surface area (Å²) in [5, 5.41) is 1.02. The highest BCUT2D eigenvalue weighted by molar-refractivity contribution is 6.20. The van der Waals surface area contributed by atoms with Crippen LogP contribution in [-0.4, -0.2) is 49.9 Å². The summed E-state index contributed by atoms with van der Waals surface area (Å²) < 4.78 is 7.70. The number of fused-ring (bicyclic) bond motifs is 4. The van der Waals surface area contributed by atoms with Crippen LogP contribution in [0.5, 0.6) is 0 Å². The molecule has 1 saturated heterocycles. The largest absolute Gasteiger partial charge is 0.378 e. The lowest BCUT2D eigenvalue weighted by Gasteiger charge is -2.36. The Morgan fingerprint density at radius 3 is 2.60 bits per heavy atom. The zero-order chi connectivity index (χ0) is 21.0. The molecule has 30 heavy (non-hydrogen) atoms. The zero-order valence-corrected chi connectivity index (χ0v) is 18.0. The van der Waals surface area contributed by atoms with Gasteiger partial charge in [0.15, 0.2) is 5.78 Å². The van der Waals surface area contributed by atoms with Crippen molar-refractivity contribution in [3.8, 4) is 0 Å². The van der Waals surface area contributed by atoms with Crippen LogP contribution < -0.4 is 4.90 Å². The van der Waals surface area contributed by atoms with Crippen molar-refractivity contribution in [3.63, 3.8) is 0 Å². The Bertz CT molecular complexity index is 1200. The Kier molecular flexibility index (Phi) is 4.33. The average Bonchev–Trinajstić information content (AvgIpc) is 3.06. The normalized spacial score (nSPS) is 18.1. The van der Waals surface area contributed by atoms with Gasteiger partial charge in [-0.3, -0.25) is 9.79 Å². The fourth-order valence-corrected chi connectivity index (χ4v) is 5.17. The fraction of sp³-hybridized carbons (Fsp3) is 0.360. The summed E-state index contributed by atoms with van der Waals surface area (Å²) in [5.74, 6) is 0.121. The maximum Gasteiger partial charge on any atom is 0.195 e. The second-order valence-corrected chi connectivity index (χ2v) is 8.73. The van der Waals surface area contributed by atoms with Gasteiger partial charge < -0.3 is 14.2 Å². The van der Waals surface area contributed by atoms with Gasteiger partial charge >= 0.3 is 0 Å². The van der Waals surface area contributed by atoms with Gasteiger partial charge in [-0.15, -0.1) is 0 Å². The van der Waals surface area contributed by atoms with Crippen molar-refractivity contribution < 1.29 is 9.53 Å². The molecule has 154 valence electrons. The number of carbonyl (C=O) groups is 1. The number of aromatic nitrogens is 1. The van der Waals surface area contributed by atoms with E-state index < -0.39 is 0 Å². The van der Waals surface area contributed by atoms with Crippen LogP contribution in [0.2, 0.25) is 0 Å². The van der Waals surface area contributed by atoms with Crippen molar-refractivity contribution in [2.24, 2.45) is 12.0 Å². The topological polar surface area (TPSA) is 46.8 Å². The van der Waals surface area contributed by atoms with E-state index >= 15 is 0 Å². The maximum absolute atomic E-state index is 13.6. The van der Waals surface area contributed by atoms with Crippen LogP contribution in [0, 0.1) is 0 Å². The second kappa shape index (κ2) is 6.81. The van der Waals surface area contributed by atoms with Gasteiger partial charge in [0.05, 0.1) is 18.8 Å². The molecule has 2 aliphatic rings. The third-order valence-electron chi connectivity index (χ3n) is 6.62. The molecule has 0 radical (unpaired) electrons. The van der Waals surface area contributed by atoms with Crippen LogP contribution in [-0.2, 0) is 17.2 Å². The summed E-state index contributed by atoms with van der Waals surface area (Å²) in [5.41, 5.74) is 6.83. The molecule has 0 saturated carbocycles. The van der Waals surface area contributed by atoms with Crippen LogP contribution in [0.15, 0.2) is 41.4 Å². The average molecular weight is 402 g/mol. The Hall–Kier alpha value is -2.92. The molecule has 5 heteroatoms. The molecule has 2 heterocycles. The molecule has 0 amide bonds. The lowest BCUT2D eigenvalue weighted by molar-refractivity contribution is 0.103. The van der Waals surface area contributed by atoms with Crippen molar-refractivity contribution in [2.75, 3.05) is 38.3 Å². The number of morpholine rings is 1. The lowest BCUT2D eigenvalue weighted by atomic mass is 9.71. The quantitative estimate of drug-likeness (QED) is 0.611. The van der Waals surface area contributed by atoms with Gasteiger partial charge in [-0.05, 0) is 35.4 Å². The SMILES string of the molecule is CN=Cc1ccc2c3c(n(C)c2c1)C(C)(C)c1cc(N2CCOCC2)ccc1C3=O. The first kappa shape index (κ1) is 19.1. The predicted octanol–water partition coefficient (Wildman–Crippen LogP) is 3.93. The van der Waals surface area contributed by atoms with Crippen molar-refractivity contribution in [3.05, 3.63) is 64.3 Å². The zero-order valence-electron chi connectivity index (χ0n) is 18.0. The Morgan fingerprint density at radius 2 is 1.87 bits per heavy atom. The Morgan fingerprint density at radius 1 is 1.10 bits per heavy atom. The predicted molar refractivity (Wildman–Crippen MR) is 121 cm³/mol. The van der Waals surface area contributed by atoms with E-state index in [9.17, 15) is 4.79 Å². The molecule has 2 aromatic carbocycles. The number of anilines is 1. The second-order valence-electron chi connectivity index (χ2n) is 8.73. The van der Waals surface area contributed by atoms with E-state index in [2.05, 4.69) is 59.6 Å². The summed E-state index contributed by atoms with van der Waals surface area (Å²) in [6, 6.07) is 12.5. The first-order chi connectivity index (χ1) is 14.4. The number of hydrogen-bond acceptors (Lipinski definition) is 4. The summed E-state index contributed by atoms with van der Waals surface area (Å²) in [6.07, 6.45) is 1.85. The highest BCUT2D eigenvalue weighted by atomic mass is 16.5. The first-order valence-electron chi connectivity index (χ1n) is 10.5. The maximum atomic E-state index is 13.6. The molecule has 0 spiro atoms. The van der Waals surface area contributed by atoms with Crippen molar-refractivity contribution >= 4 is 28.6 Å². The highest BCUT2D eigenvalue weighted by Gasteiger charge is 2.41. The molecule has 1 aromatic heterocycles. The number of ketones is 1. The summed E-state index contributed by atoms with van der Waals surface area (Å²) >= 11 is 0. The monoisotopic (exact) mass is 401 g/mol. The minimum absolute atomic E-state index is 0.121. The highest BCUT2D eigenvalue weighted by Crippen LogP contribution is 2.46. The van der Waals surface area contributed by atoms with Gasteiger partial charge in [0.1, 0.15) is 0 Å². The molecule has 1 aliphatic carbocycles. The molecule has 0 N–H and O–H groups in total. The lowest BCUT2D eigenvalue weighted by Crippen LogP contribution is -2.37. The van der Waals surface area contributed by atoms with Crippen molar-refractivity contribution in [1.29, 1.82) is 0 Å². The van der Waals surface area contributed by atoms with E-state index in [0.717, 1.165) is 65.2 Å². The van der Waals surface area contributed by atoms with Gasteiger partial charge in [0.25, 0.3) is 0 Å². The van der Waals surface area contributed by atoms with Crippen LogP contribution >= 0.6 is 0 Å². The van der Waals surface area contributed by atoms with Gasteiger partial charge in [0.2, 0.25) is 0 Å². The van der Waals surface area contributed by atoms with E-state index in [0.29, 0.717) is 0 Å². The van der Waals surface area contributed by atoms with Crippen molar-refractivity contribution in [2.45, 2.75) is 19.3 Å². The molecule has 1 fully saturated rings. The fourth-order valence-electron chi connectivity index (χ4n) is 5.17. The number of ether oxygens (including phenoxy) is 1. The number of benzene rings is 2. The number of rotatable bonds is 2. The Labute approximate surface area is 177 Å². The summed E-state index contributed by atoms with van der Waals surface area (Å²) in [7, 11) is 3.84. The molecule has 5 nitrogen and oxygen atoms in total. The van der Waals surface area contributed by atoms with E-state index in [-0.39, 0.29) is 11.2 Å². The number of nitrogens with zero attached hydrogens (tertiary/aromatic N) is 3. The minimum Gasteiger partial charge on any atom is -0.378 e. The molecular weight excluding hydrogens is 374 g/mol.